The zero-order valence-electron chi connectivity index (χ0n) is 14.4. The SMILES string of the molecule is C=C(C)C(=O)OC1=CCC=C(c2ccc(OC(=O)C(=C)C)cc2)C=C1. The van der Waals surface area contributed by atoms with Gasteiger partial charge < -0.3 is 9.47 Å². The van der Waals surface area contributed by atoms with Crippen LogP contribution < -0.4 is 4.74 Å². The fraction of sp³-hybridized carbons (Fsp3) is 0.143. The van der Waals surface area contributed by atoms with Crippen LogP contribution in [0.4, 0.5) is 0 Å². The third-order valence-electron chi connectivity index (χ3n) is 3.39. The molecule has 0 aliphatic heterocycles. The first kappa shape index (κ1) is 18.2. The van der Waals surface area contributed by atoms with Crippen molar-refractivity contribution in [1.29, 1.82) is 0 Å². The van der Waals surface area contributed by atoms with Gasteiger partial charge in [0.2, 0.25) is 0 Å². The molecule has 0 aromatic heterocycles. The van der Waals surface area contributed by atoms with Crippen LogP contribution in [0.1, 0.15) is 25.8 Å². The van der Waals surface area contributed by atoms with Gasteiger partial charge in [0.05, 0.1) is 0 Å². The molecular weight excluding hydrogens is 316 g/mol. The Balaban J connectivity index is 2.06. The lowest BCUT2D eigenvalue weighted by molar-refractivity contribution is -0.134. The molecule has 2 rings (SSSR count). The Labute approximate surface area is 147 Å². The number of hydrogen-bond acceptors (Lipinski definition) is 4. The Bertz CT molecular complexity index is 805. The summed E-state index contributed by atoms with van der Waals surface area (Å²) in [6.07, 6.45) is 8.10. The highest BCUT2D eigenvalue weighted by atomic mass is 16.5. The van der Waals surface area contributed by atoms with Gasteiger partial charge in [0, 0.05) is 11.1 Å². The van der Waals surface area contributed by atoms with Gasteiger partial charge in [-0.3, -0.25) is 0 Å². The van der Waals surface area contributed by atoms with Gasteiger partial charge in [-0.2, -0.15) is 0 Å². The van der Waals surface area contributed by atoms with Crippen LogP contribution in [0.25, 0.3) is 5.57 Å². The lowest BCUT2D eigenvalue weighted by Gasteiger charge is -2.06. The average molecular weight is 336 g/mol. The molecular formula is C21H20O4. The van der Waals surface area contributed by atoms with E-state index in [0.717, 1.165) is 11.1 Å². The van der Waals surface area contributed by atoms with E-state index in [4.69, 9.17) is 9.47 Å². The van der Waals surface area contributed by atoms with Gasteiger partial charge in [-0.25, -0.2) is 9.59 Å². The molecule has 1 aromatic rings. The molecule has 4 heteroatoms. The van der Waals surface area contributed by atoms with E-state index in [1.54, 1.807) is 32.1 Å². The fourth-order valence-corrected chi connectivity index (χ4v) is 2.00. The van der Waals surface area contributed by atoms with Crippen LogP contribution in [0.5, 0.6) is 5.75 Å². The molecule has 0 saturated heterocycles. The second kappa shape index (κ2) is 8.11. The van der Waals surface area contributed by atoms with Crippen LogP contribution in [-0.2, 0) is 14.3 Å². The van der Waals surface area contributed by atoms with E-state index in [0.29, 0.717) is 29.1 Å². The topological polar surface area (TPSA) is 52.6 Å². The Kier molecular flexibility index (Phi) is 5.90. The number of carbonyl (C=O) groups is 2. The molecule has 0 heterocycles. The molecule has 25 heavy (non-hydrogen) atoms. The third kappa shape index (κ3) is 5.18. The van der Waals surface area contributed by atoms with E-state index < -0.39 is 11.9 Å². The molecule has 0 atom stereocenters. The maximum Gasteiger partial charge on any atom is 0.338 e. The monoisotopic (exact) mass is 336 g/mol. The molecule has 0 bridgehead atoms. The number of carbonyl (C=O) groups excluding carboxylic acids is 2. The summed E-state index contributed by atoms with van der Waals surface area (Å²) in [6, 6.07) is 7.18. The van der Waals surface area contributed by atoms with E-state index in [1.165, 1.54) is 0 Å². The molecule has 1 aliphatic carbocycles. The number of allylic oxidation sites excluding steroid dienone is 5. The van der Waals surface area contributed by atoms with Crippen LogP contribution >= 0.6 is 0 Å². The van der Waals surface area contributed by atoms with Crippen LogP contribution in [0, 0.1) is 0 Å². The highest BCUT2D eigenvalue weighted by molar-refractivity contribution is 5.89. The van der Waals surface area contributed by atoms with E-state index in [9.17, 15) is 9.59 Å². The van der Waals surface area contributed by atoms with Crippen molar-refractivity contribution in [2.75, 3.05) is 0 Å². The second-order valence-corrected chi connectivity index (χ2v) is 5.70. The fourth-order valence-electron chi connectivity index (χ4n) is 2.00. The van der Waals surface area contributed by atoms with Gasteiger partial charge in [0.1, 0.15) is 11.5 Å². The maximum absolute atomic E-state index is 11.6. The number of ether oxygens (including phenoxy) is 2. The summed E-state index contributed by atoms with van der Waals surface area (Å²) in [5.41, 5.74) is 2.65. The quantitative estimate of drug-likeness (QED) is 0.451. The van der Waals surface area contributed by atoms with Gasteiger partial charge in [-0.1, -0.05) is 37.4 Å². The first-order chi connectivity index (χ1) is 11.9. The molecule has 0 spiro atoms. The molecule has 4 nitrogen and oxygen atoms in total. The summed E-state index contributed by atoms with van der Waals surface area (Å²) in [5, 5.41) is 0. The minimum absolute atomic E-state index is 0.349. The molecule has 0 radical (unpaired) electrons. The van der Waals surface area contributed by atoms with E-state index in [2.05, 4.69) is 13.2 Å². The predicted octanol–water partition coefficient (Wildman–Crippen LogP) is 4.51. The Morgan fingerprint density at radius 2 is 1.48 bits per heavy atom. The van der Waals surface area contributed by atoms with Crippen LogP contribution in [0.15, 0.2) is 78.6 Å². The number of hydrogen-bond donors (Lipinski definition) is 0. The highest BCUT2D eigenvalue weighted by Gasteiger charge is 2.09. The highest BCUT2D eigenvalue weighted by Crippen LogP contribution is 2.24. The van der Waals surface area contributed by atoms with E-state index >= 15 is 0 Å². The summed E-state index contributed by atoms with van der Waals surface area (Å²) in [7, 11) is 0. The summed E-state index contributed by atoms with van der Waals surface area (Å²) in [5.74, 6) is 0.0629. The Morgan fingerprint density at radius 1 is 0.880 bits per heavy atom. The standard InChI is InChI=1S/C21H20O4/c1-14(2)20(22)24-18-7-5-6-16(8-11-18)17-9-12-19(13-10-17)25-21(23)15(3)4/h6-13H,1,3,5H2,2,4H3. The Morgan fingerprint density at radius 3 is 2.08 bits per heavy atom. The zero-order valence-corrected chi connectivity index (χ0v) is 14.4. The molecule has 1 aromatic carbocycles. The first-order valence-corrected chi connectivity index (χ1v) is 7.81. The van der Waals surface area contributed by atoms with Gasteiger partial charge in [-0.05, 0) is 55.7 Å². The lowest BCUT2D eigenvalue weighted by atomic mass is 10.0. The third-order valence-corrected chi connectivity index (χ3v) is 3.39. The normalized spacial score (nSPS) is 13.2. The maximum atomic E-state index is 11.6. The summed E-state index contributed by atoms with van der Waals surface area (Å²) >= 11 is 0. The Hall–Kier alpha value is -3.14. The number of esters is 2. The summed E-state index contributed by atoms with van der Waals surface area (Å²) < 4.78 is 10.4. The predicted molar refractivity (Wildman–Crippen MR) is 97.6 cm³/mol. The molecule has 0 saturated carbocycles. The van der Waals surface area contributed by atoms with Crippen molar-refractivity contribution in [3.8, 4) is 5.75 Å². The van der Waals surface area contributed by atoms with Gasteiger partial charge >= 0.3 is 11.9 Å². The lowest BCUT2D eigenvalue weighted by Crippen LogP contribution is -2.07. The van der Waals surface area contributed by atoms with Crippen LogP contribution in [0.2, 0.25) is 0 Å². The van der Waals surface area contributed by atoms with Crippen molar-refractivity contribution >= 4 is 17.5 Å². The minimum Gasteiger partial charge on any atom is -0.424 e. The van der Waals surface area contributed by atoms with Crippen molar-refractivity contribution in [3.63, 3.8) is 0 Å². The molecule has 0 amide bonds. The number of rotatable bonds is 5. The van der Waals surface area contributed by atoms with Crippen molar-refractivity contribution in [3.05, 3.63) is 84.2 Å². The summed E-state index contributed by atoms with van der Waals surface area (Å²) in [6.45, 7) is 10.3. The van der Waals surface area contributed by atoms with Crippen LogP contribution in [-0.4, -0.2) is 11.9 Å². The molecule has 0 N–H and O–H groups in total. The zero-order chi connectivity index (χ0) is 18.4. The van der Waals surface area contributed by atoms with Gasteiger partial charge in [0.25, 0.3) is 0 Å². The second-order valence-electron chi connectivity index (χ2n) is 5.70. The molecule has 0 fully saturated rings. The van der Waals surface area contributed by atoms with Gasteiger partial charge in [0.15, 0.2) is 0 Å². The van der Waals surface area contributed by atoms with E-state index in [-0.39, 0.29) is 0 Å². The van der Waals surface area contributed by atoms with Crippen molar-refractivity contribution < 1.29 is 19.1 Å². The smallest absolute Gasteiger partial charge is 0.338 e. The van der Waals surface area contributed by atoms with Crippen molar-refractivity contribution in [2.24, 2.45) is 0 Å². The van der Waals surface area contributed by atoms with Crippen molar-refractivity contribution in [1.82, 2.24) is 0 Å². The molecule has 1 aliphatic rings. The minimum atomic E-state index is -0.450. The number of benzene rings is 1. The molecule has 128 valence electrons. The van der Waals surface area contributed by atoms with Crippen LogP contribution in [0.3, 0.4) is 0 Å². The molecule has 0 unspecified atom stereocenters. The van der Waals surface area contributed by atoms with Gasteiger partial charge in [-0.15, -0.1) is 0 Å². The van der Waals surface area contributed by atoms with Crippen molar-refractivity contribution in [2.45, 2.75) is 20.3 Å². The van der Waals surface area contributed by atoms with E-state index in [1.807, 2.05) is 30.4 Å². The first-order valence-electron chi connectivity index (χ1n) is 7.81. The largest absolute Gasteiger partial charge is 0.424 e. The summed E-state index contributed by atoms with van der Waals surface area (Å²) in [4.78, 5) is 23.1. The average Bonchev–Trinajstić information content (AvgIpc) is 2.81.